The van der Waals surface area contributed by atoms with E-state index in [0.717, 1.165) is 6.42 Å². The van der Waals surface area contributed by atoms with Crippen LogP contribution in [0.3, 0.4) is 0 Å². The van der Waals surface area contributed by atoms with E-state index in [4.69, 9.17) is 0 Å². The summed E-state index contributed by atoms with van der Waals surface area (Å²) in [5, 5.41) is 5.28. The molecule has 0 aliphatic rings. The highest BCUT2D eigenvalue weighted by atomic mass is 14.1. The number of rotatable bonds is 2. The Labute approximate surface area is 131 Å². The minimum absolute atomic E-state index is 1.05. The normalized spacial score (nSPS) is 11.1. The molecule has 22 heavy (non-hydrogen) atoms. The van der Waals surface area contributed by atoms with E-state index in [1.54, 1.807) is 0 Å². The number of hydrogen-bond donors (Lipinski definition) is 0. The van der Waals surface area contributed by atoms with Crippen molar-refractivity contribution < 1.29 is 0 Å². The van der Waals surface area contributed by atoms with Gasteiger partial charge in [0.05, 0.1) is 0 Å². The van der Waals surface area contributed by atoms with Gasteiger partial charge < -0.3 is 0 Å². The molecule has 0 unspecified atom stereocenters. The van der Waals surface area contributed by atoms with E-state index in [0.29, 0.717) is 0 Å². The molecule has 0 aliphatic heterocycles. The summed E-state index contributed by atoms with van der Waals surface area (Å²) in [7, 11) is 0. The quantitative estimate of drug-likeness (QED) is 0.383. The fourth-order valence-corrected chi connectivity index (χ4v) is 3.30. The smallest absolute Gasteiger partial charge is 0.00732 e. The highest BCUT2D eigenvalue weighted by molar-refractivity contribution is 6.05. The summed E-state index contributed by atoms with van der Waals surface area (Å²) in [6, 6.07) is 28.5. The second kappa shape index (κ2) is 5.31. The Morgan fingerprint density at radius 1 is 0.636 bits per heavy atom. The second-order valence-corrected chi connectivity index (χ2v) is 5.74. The summed E-state index contributed by atoms with van der Waals surface area (Å²) in [6.07, 6.45) is 1.05. The van der Waals surface area contributed by atoms with Crippen LogP contribution >= 0.6 is 0 Å². The molecule has 4 rings (SSSR count). The Morgan fingerprint density at radius 3 is 2.05 bits per heavy atom. The lowest BCUT2D eigenvalue weighted by atomic mass is 9.91. The van der Waals surface area contributed by atoms with Crippen LogP contribution in [0.1, 0.15) is 12.5 Å². The molecule has 0 radical (unpaired) electrons. The Morgan fingerprint density at radius 2 is 1.32 bits per heavy atom. The summed E-state index contributed by atoms with van der Waals surface area (Å²) in [4.78, 5) is 0. The van der Waals surface area contributed by atoms with Gasteiger partial charge in [0.1, 0.15) is 0 Å². The summed E-state index contributed by atoms with van der Waals surface area (Å²) < 4.78 is 0. The van der Waals surface area contributed by atoms with Crippen LogP contribution in [0, 0.1) is 0 Å². The van der Waals surface area contributed by atoms with E-state index < -0.39 is 0 Å². The van der Waals surface area contributed by atoms with Crippen molar-refractivity contribution in [3.05, 3.63) is 84.4 Å². The van der Waals surface area contributed by atoms with Crippen LogP contribution in [0.2, 0.25) is 0 Å². The van der Waals surface area contributed by atoms with E-state index in [1.807, 2.05) is 0 Å². The fourth-order valence-electron chi connectivity index (χ4n) is 3.30. The number of hydrogen-bond acceptors (Lipinski definition) is 0. The molecule has 0 heterocycles. The molecule has 0 saturated heterocycles. The standard InChI is InChI=1S/C22H18/c1-2-16-12-13-20-14-18-10-6-7-11-19(18)15-21(20)22(16)17-8-4-3-5-9-17/h3-15H,2H2,1H3. The summed E-state index contributed by atoms with van der Waals surface area (Å²) in [5.74, 6) is 0. The van der Waals surface area contributed by atoms with E-state index in [-0.39, 0.29) is 0 Å². The van der Waals surface area contributed by atoms with Gasteiger partial charge in [-0.3, -0.25) is 0 Å². The molecule has 106 valence electrons. The van der Waals surface area contributed by atoms with Crippen molar-refractivity contribution in [3.8, 4) is 11.1 Å². The minimum atomic E-state index is 1.05. The molecule has 0 fully saturated rings. The molecule has 0 saturated carbocycles. The molecule has 0 atom stereocenters. The molecule has 0 heteroatoms. The van der Waals surface area contributed by atoms with Crippen LogP contribution in [0.15, 0.2) is 78.9 Å². The number of aryl methyl sites for hydroxylation is 1. The third-order valence-corrected chi connectivity index (χ3v) is 4.42. The van der Waals surface area contributed by atoms with Gasteiger partial charge in [-0.2, -0.15) is 0 Å². The first kappa shape index (κ1) is 13.1. The average Bonchev–Trinajstić information content (AvgIpc) is 2.59. The third kappa shape index (κ3) is 2.08. The third-order valence-electron chi connectivity index (χ3n) is 4.42. The maximum atomic E-state index is 2.34. The van der Waals surface area contributed by atoms with E-state index in [9.17, 15) is 0 Å². The summed E-state index contributed by atoms with van der Waals surface area (Å²) in [6.45, 7) is 2.23. The van der Waals surface area contributed by atoms with Gasteiger partial charge in [-0.15, -0.1) is 0 Å². The van der Waals surface area contributed by atoms with Gasteiger partial charge in [0.15, 0.2) is 0 Å². The van der Waals surface area contributed by atoms with Crippen molar-refractivity contribution in [2.24, 2.45) is 0 Å². The molecule has 0 aromatic heterocycles. The van der Waals surface area contributed by atoms with E-state index in [2.05, 4.69) is 85.8 Å². The van der Waals surface area contributed by atoms with Crippen LogP contribution in [0.4, 0.5) is 0 Å². The van der Waals surface area contributed by atoms with Gasteiger partial charge in [0.25, 0.3) is 0 Å². The Balaban J connectivity index is 2.13. The zero-order valence-electron chi connectivity index (χ0n) is 12.7. The van der Waals surface area contributed by atoms with Crippen molar-refractivity contribution in [1.82, 2.24) is 0 Å². The van der Waals surface area contributed by atoms with Gasteiger partial charge >= 0.3 is 0 Å². The first-order chi connectivity index (χ1) is 10.9. The lowest BCUT2D eigenvalue weighted by Gasteiger charge is -2.13. The SMILES string of the molecule is CCc1ccc2cc3ccccc3cc2c1-c1ccccc1. The molecule has 0 N–H and O–H groups in total. The predicted molar refractivity (Wildman–Crippen MR) is 96.3 cm³/mol. The number of fused-ring (bicyclic) bond motifs is 2. The van der Waals surface area contributed by atoms with Crippen LogP contribution in [0.25, 0.3) is 32.7 Å². The van der Waals surface area contributed by atoms with E-state index in [1.165, 1.54) is 38.2 Å². The second-order valence-electron chi connectivity index (χ2n) is 5.74. The zero-order valence-corrected chi connectivity index (χ0v) is 12.7. The van der Waals surface area contributed by atoms with Crippen molar-refractivity contribution in [2.45, 2.75) is 13.3 Å². The lowest BCUT2D eigenvalue weighted by Crippen LogP contribution is -1.90. The van der Waals surface area contributed by atoms with Crippen molar-refractivity contribution in [3.63, 3.8) is 0 Å². The molecule has 0 nitrogen and oxygen atoms in total. The Hall–Kier alpha value is -2.60. The van der Waals surface area contributed by atoms with Crippen molar-refractivity contribution in [2.75, 3.05) is 0 Å². The Bertz CT molecular complexity index is 949. The molecule has 4 aromatic rings. The highest BCUT2D eigenvalue weighted by Gasteiger charge is 2.09. The fraction of sp³-hybridized carbons (Fsp3) is 0.0909. The van der Waals surface area contributed by atoms with Crippen LogP contribution in [-0.4, -0.2) is 0 Å². The van der Waals surface area contributed by atoms with Crippen molar-refractivity contribution in [1.29, 1.82) is 0 Å². The Kier molecular flexibility index (Phi) is 3.16. The van der Waals surface area contributed by atoms with Gasteiger partial charge in [-0.1, -0.05) is 73.7 Å². The maximum Gasteiger partial charge on any atom is -0.00732 e. The van der Waals surface area contributed by atoms with Gasteiger partial charge in [0, 0.05) is 0 Å². The highest BCUT2D eigenvalue weighted by Crippen LogP contribution is 2.34. The predicted octanol–water partition coefficient (Wildman–Crippen LogP) is 6.22. The molecule has 0 amide bonds. The number of benzene rings is 4. The molecule has 0 spiro atoms. The summed E-state index contributed by atoms with van der Waals surface area (Å²) in [5.41, 5.74) is 4.10. The zero-order chi connectivity index (χ0) is 14.9. The van der Waals surface area contributed by atoms with Gasteiger partial charge in [-0.25, -0.2) is 0 Å². The summed E-state index contributed by atoms with van der Waals surface area (Å²) >= 11 is 0. The van der Waals surface area contributed by atoms with Crippen LogP contribution < -0.4 is 0 Å². The van der Waals surface area contributed by atoms with Crippen molar-refractivity contribution >= 4 is 21.5 Å². The topological polar surface area (TPSA) is 0 Å². The molecule has 0 aliphatic carbocycles. The molecular formula is C22H18. The average molecular weight is 282 g/mol. The first-order valence-electron chi connectivity index (χ1n) is 7.86. The van der Waals surface area contributed by atoms with Gasteiger partial charge in [0.2, 0.25) is 0 Å². The first-order valence-corrected chi connectivity index (χ1v) is 7.86. The monoisotopic (exact) mass is 282 g/mol. The molecular weight excluding hydrogens is 264 g/mol. The minimum Gasteiger partial charge on any atom is -0.0622 e. The molecule has 0 bridgehead atoms. The van der Waals surface area contributed by atoms with E-state index >= 15 is 0 Å². The maximum absolute atomic E-state index is 2.34. The molecule has 4 aromatic carbocycles. The van der Waals surface area contributed by atoms with Crippen LogP contribution in [-0.2, 0) is 6.42 Å². The lowest BCUT2D eigenvalue weighted by molar-refractivity contribution is 1.15. The largest absolute Gasteiger partial charge is 0.0622 e. The van der Waals surface area contributed by atoms with Gasteiger partial charge in [-0.05, 0) is 56.8 Å². The van der Waals surface area contributed by atoms with Crippen LogP contribution in [0.5, 0.6) is 0 Å².